The molecule has 11 nitrogen and oxygen atoms in total. The van der Waals surface area contributed by atoms with Gasteiger partial charge in [0.2, 0.25) is 11.7 Å². The lowest BCUT2D eigenvalue weighted by atomic mass is 10.1. The summed E-state index contributed by atoms with van der Waals surface area (Å²) in [6.45, 7) is 5.42. The summed E-state index contributed by atoms with van der Waals surface area (Å²) in [5.74, 6) is 2.02. The second kappa shape index (κ2) is 14.6. The summed E-state index contributed by atoms with van der Waals surface area (Å²) in [5, 5.41) is 13.6. The highest BCUT2D eigenvalue weighted by molar-refractivity contribution is 8.15. The molecule has 1 aliphatic heterocycles. The van der Waals surface area contributed by atoms with Gasteiger partial charge in [-0.3, -0.25) is 0 Å². The van der Waals surface area contributed by atoms with Crippen molar-refractivity contribution in [1.82, 2.24) is 10.1 Å². The van der Waals surface area contributed by atoms with E-state index in [2.05, 4.69) is 15.1 Å². The first-order valence-electron chi connectivity index (χ1n) is 12.9. The lowest BCUT2D eigenvalue weighted by Gasteiger charge is -2.22. The van der Waals surface area contributed by atoms with Crippen LogP contribution in [-0.2, 0) is 9.47 Å². The number of aliphatic imine (C=N–C) groups is 2. The minimum absolute atomic E-state index is 0.201. The third kappa shape index (κ3) is 8.38. The normalized spacial score (nSPS) is 16.1. The Morgan fingerprint density at radius 3 is 2.52 bits per heavy atom. The lowest BCUT2D eigenvalue weighted by molar-refractivity contribution is -0.165. The van der Waals surface area contributed by atoms with Crippen molar-refractivity contribution in [1.29, 1.82) is 0 Å². The topological polar surface area (TPSA) is 138 Å². The molecule has 1 N–H and O–H groups in total. The van der Waals surface area contributed by atoms with Crippen molar-refractivity contribution in [2.75, 3.05) is 32.7 Å². The number of hydrogen-bond acceptors (Lipinski definition) is 10. The van der Waals surface area contributed by atoms with E-state index in [1.807, 2.05) is 19.1 Å². The van der Waals surface area contributed by atoms with Gasteiger partial charge >= 0.3 is 6.09 Å². The molecular formula is C28H32N4O7S. The van der Waals surface area contributed by atoms with Crippen molar-refractivity contribution in [3.05, 3.63) is 53.9 Å². The molecule has 0 spiro atoms. The third-order valence-corrected chi connectivity index (χ3v) is 6.42. The van der Waals surface area contributed by atoms with Gasteiger partial charge < -0.3 is 28.6 Å². The van der Waals surface area contributed by atoms with Crippen molar-refractivity contribution in [2.45, 2.75) is 39.4 Å². The zero-order valence-electron chi connectivity index (χ0n) is 22.7. The maximum Gasteiger partial charge on any atom is 0.432 e. The van der Waals surface area contributed by atoms with Crippen LogP contribution in [0.2, 0.25) is 0 Å². The largest absolute Gasteiger partial charge is 0.494 e. The first kappa shape index (κ1) is 29.2. The Labute approximate surface area is 236 Å². The standard InChI is InChI=1S/C28H32N4O7S/c1-4-35-22-15-20(16-23(17-22)36-13-14-38-24-7-5-6-12-37-24)25(27(40-3)31-28(33)34)30-21-10-8-19(9-11-21)26-29-18(2)39-32-26/h8-11,15-17,24H,4-7,12-14H2,1-3H3,(H,33,34). The van der Waals surface area contributed by atoms with Crippen LogP contribution >= 0.6 is 11.8 Å². The van der Waals surface area contributed by atoms with E-state index >= 15 is 0 Å². The molecule has 0 aliphatic carbocycles. The number of thioether (sulfide) groups is 1. The zero-order valence-corrected chi connectivity index (χ0v) is 23.5. The Balaban J connectivity index is 1.62. The van der Waals surface area contributed by atoms with Gasteiger partial charge in [-0.15, -0.1) is 11.8 Å². The van der Waals surface area contributed by atoms with Gasteiger partial charge in [-0.2, -0.15) is 9.98 Å². The van der Waals surface area contributed by atoms with Crippen LogP contribution in [0.25, 0.3) is 11.4 Å². The van der Waals surface area contributed by atoms with E-state index in [0.717, 1.165) is 24.8 Å². The van der Waals surface area contributed by atoms with E-state index in [0.29, 0.717) is 66.6 Å². The average molecular weight is 569 g/mol. The summed E-state index contributed by atoms with van der Waals surface area (Å²) in [5.41, 5.74) is 2.29. The molecular weight excluding hydrogens is 536 g/mol. The summed E-state index contributed by atoms with van der Waals surface area (Å²) in [4.78, 5) is 24.4. The Bertz CT molecular complexity index is 1330. The number of aryl methyl sites for hydroxylation is 1. The number of ether oxygens (including phenoxy) is 4. The van der Waals surface area contributed by atoms with Crippen LogP contribution in [0.15, 0.2) is 57.0 Å². The van der Waals surface area contributed by atoms with Crippen molar-refractivity contribution in [3.63, 3.8) is 0 Å². The molecule has 1 amide bonds. The Hall–Kier alpha value is -3.74. The highest BCUT2D eigenvalue weighted by atomic mass is 32.2. The molecule has 1 fully saturated rings. The minimum atomic E-state index is -1.32. The number of hydrogen-bond donors (Lipinski definition) is 1. The molecule has 2 aromatic carbocycles. The van der Waals surface area contributed by atoms with Crippen molar-refractivity contribution >= 4 is 34.3 Å². The molecule has 0 bridgehead atoms. The van der Waals surface area contributed by atoms with Gasteiger partial charge in [-0.1, -0.05) is 5.16 Å². The Morgan fingerprint density at radius 1 is 1.12 bits per heavy atom. The van der Waals surface area contributed by atoms with Crippen LogP contribution in [0.3, 0.4) is 0 Å². The Morgan fingerprint density at radius 2 is 1.90 bits per heavy atom. The molecule has 3 aromatic rings. The second-order valence-corrected chi connectivity index (χ2v) is 9.48. The molecule has 2 heterocycles. The first-order valence-corrected chi connectivity index (χ1v) is 14.2. The van der Waals surface area contributed by atoms with Crippen molar-refractivity contribution in [2.24, 2.45) is 9.98 Å². The molecule has 40 heavy (non-hydrogen) atoms. The van der Waals surface area contributed by atoms with Crippen LogP contribution < -0.4 is 9.47 Å². The molecule has 1 saturated heterocycles. The molecule has 212 valence electrons. The molecule has 1 aliphatic rings. The van der Waals surface area contributed by atoms with Crippen molar-refractivity contribution in [3.8, 4) is 22.9 Å². The molecule has 12 heteroatoms. The van der Waals surface area contributed by atoms with Crippen molar-refractivity contribution < 1.29 is 33.4 Å². The van der Waals surface area contributed by atoms with Crippen LogP contribution in [0.1, 0.15) is 37.6 Å². The predicted octanol–water partition coefficient (Wildman–Crippen LogP) is 5.93. The fraction of sp³-hybridized carbons (Fsp3) is 0.393. The number of amides is 1. The van der Waals surface area contributed by atoms with Gasteiger partial charge in [0.1, 0.15) is 28.9 Å². The highest BCUT2D eigenvalue weighted by Gasteiger charge is 2.18. The van der Waals surface area contributed by atoms with E-state index in [1.165, 1.54) is 11.8 Å². The van der Waals surface area contributed by atoms with E-state index in [-0.39, 0.29) is 11.3 Å². The number of rotatable bonds is 11. The molecule has 1 atom stereocenters. The molecule has 4 rings (SSSR count). The van der Waals surface area contributed by atoms with Crippen LogP contribution in [0.4, 0.5) is 10.5 Å². The van der Waals surface area contributed by atoms with E-state index < -0.39 is 6.09 Å². The van der Waals surface area contributed by atoms with Gasteiger partial charge in [-0.05, 0) is 68.8 Å². The summed E-state index contributed by atoms with van der Waals surface area (Å²) in [6, 6.07) is 12.5. The number of aromatic nitrogens is 2. The second-order valence-electron chi connectivity index (χ2n) is 8.69. The molecule has 0 radical (unpaired) electrons. The maximum atomic E-state index is 11.5. The quantitative estimate of drug-likeness (QED) is 0.168. The molecule has 1 unspecified atom stereocenters. The fourth-order valence-electron chi connectivity index (χ4n) is 3.97. The summed E-state index contributed by atoms with van der Waals surface area (Å²) < 4.78 is 28.2. The number of benzene rings is 2. The summed E-state index contributed by atoms with van der Waals surface area (Å²) in [7, 11) is 0. The fourth-order valence-corrected chi connectivity index (χ4v) is 4.50. The van der Waals surface area contributed by atoms with Gasteiger partial charge in [-0.25, -0.2) is 9.79 Å². The van der Waals surface area contributed by atoms with Gasteiger partial charge in [0.15, 0.2) is 6.29 Å². The Kier molecular flexibility index (Phi) is 10.7. The third-order valence-electron chi connectivity index (χ3n) is 5.75. The smallest absolute Gasteiger partial charge is 0.432 e. The summed E-state index contributed by atoms with van der Waals surface area (Å²) in [6.07, 6.45) is 3.24. The van der Waals surface area contributed by atoms with Crippen LogP contribution in [-0.4, -0.2) is 71.1 Å². The van der Waals surface area contributed by atoms with Gasteiger partial charge in [0.05, 0.1) is 18.9 Å². The van der Waals surface area contributed by atoms with Crippen LogP contribution in [0, 0.1) is 6.92 Å². The molecule has 1 aromatic heterocycles. The number of carboxylic acid groups (broad SMARTS) is 1. The van der Waals surface area contributed by atoms with E-state index in [1.54, 1.807) is 43.5 Å². The minimum Gasteiger partial charge on any atom is -0.494 e. The average Bonchev–Trinajstić information content (AvgIpc) is 3.40. The van der Waals surface area contributed by atoms with E-state index in [9.17, 15) is 9.90 Å². The molecule has 0 saturated carbocycles. The highest BCUT2D eigenvalue weighted by Crippen LogP contribution is 2.28. The zero-order chi connectivity index (χ0) is 28.3. The monoisotopic (exact) mass is 568 g/mol. The number of nitrogens with zero attached hydrogens (tertiary/aromatic N) is 4. The first-order chi connectivity index (χ1) is 19.4. The van der Waals surface area contributed by atoms with Crippen LogP contribution in [0.5, 0.6) is 11.5 Å². The predicted molar refractivity (Wildman–Crippen MR) is 152 cm³/mol. The number of carbonyl (C=O) groups is 1. The maximum absolute atomic E-state index is 11.5. The summed E-state index contributed by atoms with van der Waals surface area (Å²) >= 11 is 1.18. The SMILES string of the molecule is CCOc1cc(OCCOC2CCCCO2)cc(C(=Nc2ccc(-c3noc(C)n3)cc2)C(=NC(=O)O)SC)c1. The van der Waals surface area contributed by atoms with Gasteiger partial charge in [0, 0.05) is 30.7 Å². The lowest BCUT2D eigenvalue weighted by Crippen LogP contribution is -2.24. The van der Waals surface area contributed by atoms with Gasteiger partial charge in [0.25, 0.3) is 0 Å². The van der Waals surface area contributed by atoms with E-state index in [4.69, 9.17) is 28.5 Å².